The number of aliphatic imine (C=N–C) groups is 1. The summed E-state index contributed by atoms with van der Waals surface area (Å²) < 4.78 is 17.5. The normalized spacial score (nSPS) is 12.3. The summed E-state index contributed by atoms with van der Waals surface area (Å²) in [5, 5.41) is 3.87. The molecule has 0 fully saturated rings. The monoisotopic (exact) mass is 366 g/mol. The Hall–Kier alpha value is -3.39. The molecule has 3 rings (SSSR count). The van der Waals surface area contributed by atoms with Crippen LogP contribution in [-0.4, -0.2) is 27.0 Å². The molecule has 26 heavy (non-hydrogen) atoms. The number of para-hydroxylation sites is 1. The number of benzene rings is 2. The molecule has 1 aromatic heterocycles. The maximum atomic E-state index is 12.3. The summed E-state index contributed by atoms with van der Waals surface area (Å²) in [5.74, 6) is 0.655. The first-order chi connectivity index (χ1) is 12.8. The minimum Gasteiger partial charge on any atom is -0.442 e. The van der Waals surface area contributed by atoms with Crippen LogP contribution in [0.15, 0.2) is 93.3 Å². The average Bonchev–Trinajstić information content (AvgIpc) is 2.72. The highest BCUT2D eigenvalue weighted by Crippen LogP contribution is 2.17. The zero-order valence-electron chi connectivity index (χ0n) is 13.5. The fraction of sp³-hybridized carbons (Fsp3) is 0. The second kappa shape index (κ2) is 9.19. The molecule has 0 aliphatic rings. The van der Waals surface area contributed by atoms with E-state index in [-0.39, 0.29) is 5.16 Å². The van der Waals surface area contributed by atoms with Gasteiger partial charge in [-0.1, -0.05) is 18.2 Å². The third kappa shape index (κ3) is 5.05. The lowest BCUT2D eigenvalue weighted by Crippen LogP contribution is -1.98. The van der Waals surface area contributed by atoms with E-state index in [1.54, 1.807) is 54.9 Å². The van der Waals surface area contributed by atoms with Gasteiger partial charge in [0.05, 0.1) is 5.69 Å². The van der Waals surface area contributed by atoms with Crippen molar-refractivity contribution in [1.29, 1.82) is 0 Å². The molecule has 7 nitrogen and oxygen atoms in total. The molecule has 0 radical (unpaired) electrons. The number of nitrogens with zero attached hydrogens (tertiary/aromatic N) is 4. The number of hydrogen-bond donors (Lipinski definition) is 0. The minimum absolute atomic E-state index is 0.264. The van der Waals surface area contributed by atoms with Crippen LogP contribution in [0.2, 0.25) is 0 Å². The zero-order chi connectivity index (χ0) is 18.0. The summed E-state index contributed by atoms with van der Waals surface area (Å²) in [6.07, 6.45) is 5.46. The van der Waals surface area contributed by atoms with Crippen molar-refractivity contribution < 1.29 is 13.8 Å². The lowest BCUT2D eigenvalue weighted by atomic mass is 10.3. The van der Waals surface area contributed by atoms with Gasteiger partial charge in [0.1, 0.15) is 16.5 Å². The lowest BCUT2D eigenvalue weighted by Gasteiger charge is -2.00. The van der Waals surface area contributed by atoms with E-state index in [1.807, 2.05) is 18.2 Å². The van der Waals surface area contributed by atoms with Crippen molar-refractivity contribution in [3.63, 3.8) is 0 Å². The van der Waals surface area contributed by atoms with Gasteiger partial charge >= 0.3 is 0 Å². The van der Waals surface area contributed by atoms with Crippen molar-refractivity contribution in [2.24, 2.45) is 10.1 Å². The summed E-state index contributed by atoms with van der Waals surface area (Å²) in [6.45, 7) is 0. The summed E-state index contributed by atoms with van der Waals surface area (Å²) in [7, 11) is -1.43. The third-order valence-corrected chi connectivity index (χ3v) is 4.29. The first-order valence-electron chi connectivity index (χ1n) is 7.54. The van der Waals surface area contributed by atoms with Crippen molar-refractivity contribution in [3.8, 4) is 5.75 Å². The van der Waals surface area contributed by atoms with Gasteiger partial charge in [-0.15, -0.1) is 0 Å². The summed E-state index contributed by atoms with van der Waals surface area (Å²) in [4.78, 5) is 17.5. The van der Waals surface area contributed by atoms with Gasteiger partial charge in [-0.3, -0.25) is 0 Å². The molecule has 0 aliphatic heterocycles. The van der Waals surface area contributed by atoms with Gasteiger partial charge in [-0.05, 0) is 47.6 Å². The van der Waals surface area contributed by atoms with Crippen molar-refractivity contribution >= 4 is 29.3 Å². The second-order valence-electron chi connectivity index (χ2n) is 4.78. The molecule has 0 bridgehead atoms. The topological polar surface area (TPSA) is 86.0 Å². The molecule has 1 atom stereocenters. The first kappa shape index (κ1) is 17.4. The number of ether oxygens (including phenoxy) is 1. The van der Waals surface area contributed by atoms with Crippen molar-refractivity contribution in [3.05, 3.63) is 73.1 Å². The van der Waals surface area contributed by atoms with Gasteiger partial charge in [0.2, 0.25) is 18.0 Å². The second-order valence-corrected chi connectivity index (χ2v) is 6.15. The van der Waals surface area contributed by atoms with E-state index in [1.165, 1.54) is 12.8 Å². The number of aromatic nitrogens is 2. The van der Waals surface area contributed by atoms with Gasteiger partial charge in [0.25, 0.3) is 0 Å². The summed E-state index contributed by atoms with van der Waals surface area (Å²) in [5.41, 5.74) is 0.624. The fourth-order valence-corrected chi connectivity index (χ4v) is 2.77. The molecule has 1 heterocycles. The van der Waals surface area contributed by atoms with Gasteiger partial charge in [0, 0.05) is 17.3 Å². The molecule has 0 saturated carbocycles. The quantitative estimate of drug-likeness (QED) is 0.277. The Kier molecular flexibility index (Phi) is 6.16. The van der Waals surface area contributed by atoms with Gasteiger partial charge < -0.3 is 9.57 Å². The molecule has 3 aromatic rings. The Morgan fingerprint density at radius 1 is 0.885 bits per heavy atom. The van der Waals surface area contributed by atoms with Crippen LogP contribution in [-0.2, 0) is 15.6 Å². The van der Waals surface area contributed by atoms with Crippen molar-refractivity contribution in [1.82, 2.24) is 9.97 Å². The van der Waals surface area contributed by atoms with Crippen LogP contribution < -0.4 is 4.74 Å². The highest BCUT2D eigenvalue weighted by molar-refractivity contribution is 7.84. The predicted molar refractivity (Wildman–Crippen MR) is 97.9 cm³/mol. The number of rotatable bonds is 7. The van der Waals surface area contributed by atoms with Crippen LogP contribution in [0.5, 0.6) is 5.75 Å². The Labute approximate surface area is 152 Å². The lowest BCUT2D eigenvalue weighted by molar-refractivity contribution is 0.335. The molecule has 130 valence electrons. The molecule has 0 saturated heterocycles. The van der Waals surface area contributed by atoms with E-state index >= 15 is 0 Å². The fourth-order valence-electron chi connectivity index (χ4n) is 1.86. The van der Waals surface area contributed by atoms with Gasteiger partial charge in [0.15, 0.2) is 0 Å². The molecule has 0 N–H and O–H groups in total. The van der Waals surface area contributed by atoms with E-state index in [0.29, 0.717) is 16.3 Å². The zero-order valence-corrected chi connectivity index (χ0v) is 14.3. The molecule has 0 spiro atoms. The first-order valence-corrected chi connectivity index (χ1v) is 8.69. The minimum atomic E-state index is -1.43. The van der Waals surface area contributed by atoms with Crippen LogP contribution in [0.3, 0.4) is 0 Å². The van der Waals surface area contributed by atoms with Crippen LogP contribution in [0.1, 0.15) is 0 Å². The maximum Gasteiger partial charge on any atom is 0.223 e. The molecule has 0 amide bonds. The number of hydrogen-bond acceptors (Lipinski definition) is 7. The van der Waals surface area contributed by atoms with Crippen molar-refractivity contribution in [2.45, 2.75) is 10.1 Å². The average molecular weight is 366 g/mol. The van der Waals surface area contributed by atoms with Crippen LogP contribution in [0.4, 0.5) is 5.69 Å². The Morgan fingerprint density at radius 3 is 2.35 bits per heavy atom. The predicted octanol–water partition coefficient (Wildman–Crippen LogP) is 3.34. The largest absolute Gasteiger partial charge is 0.442 e. The molecular weight excluding hydrogens is 352 g/mol. The SMILES string of the molecule is O=S(c1ccc(N=CON=COc2ccccc2)cc1)c1ncccn1. The third-order valence-electron chi connectivity index (χ3n) is 3.04. The molecular formula is C18H14N4O3S. The standard InChI is InChI=1S/C18H14N4O3S/c23-26(18-19-11-4-12-20-18)17-9-7-15(8-10-17)21-13-25-22-14-24-16-5-2-1-3-6-16/h1-14H. The highest BCUT2D eigenvalue weighted by atomic mass is 32.2. The maximum absolute atomic E-state index is 12.3. The Balaban J connectivity index is 1.51. The van der Waals surface area contributed by atoms with Gasteiger partial charge in [-0.2, -0.15) is 0 Å². The molecule has 2 aromatic carbocycles. The molecule has 8 heteroatoms. The van der Waals surface area contributed by atoms with E-state index in [0.717, 1.165) is 0 Å². The Bertz CT molecular complexity index is 901. The van der Waals surface area contributed by atoms with E-state index in [4.69, 9.17) is 9.57 Å². The highest BCUT2D eigenvalue weighted by Gasteiger charge is 2.08. The van der Waals surface area contributed by atoms with Crippen LogP contribution >= 0.6 is 0 Å². The Morgan fingerprint density at radius 2 is 1.62 bits per heavy atom. The molecule has 0 aliphatic carbocycles. The van der Waals surface area contributed by atoms with Crippen LogP contribution in [0, 0.1) is 0 Å². The van der Waals surface area contributed by atoms with Crippen LogP contribution in [0.25, 0.3) is 0 Å². The van der Waals surface area contributed by atoms with E-state index < -0.39 is 10.8 Å². The summed E-state index contributed by atoms with van der Waals surface area (Å²) in [6, 6.07) is 17.7. The van der Waals surface area contributed by atoms with E-state index in [2.05, 4.69) is 20.1 Å². The van der Waals surface area contributed by atoms with Crippen molar-refractivity contribution in [2.75, 3.05) is 0 Å². The molecule has 1 unspecified atom stereocenters. The van der Waals surface area contributed by atoms with E-state index in [9.17, 15) is 4.21 Å². The van der Waals surface area contributed by atoms with Gasteiger partial charge in [-0.25, -0.2) is 19.2 Å². The summed E-state index contributed by atoms with van der Waals surface area (Å²) >= 11 is 0. The number of oxime groups is 1. The smallest absolute Gasteiger partial charge is 0.223 e.